The second-order valence-electron chi connectivity index (χ2n) is 5.90. The Hall–Kier alpha value is -1.40. The maximum atomic E-state index is 12.2. The highest BCUT2D eigenvalue weighted by Gasteiger charge is 2.45. The highest BCUT2D eigenvalue weighted by Crippen LogP contribution is 2.31. The zero-order valence-electron chi connectivity index (χ0n) is 12.2. The normalized spacial score (nSPS) is 13.2. The fraction of sp³-hybridized carbons (Fsp3) is 0.500. The first-order valence-electron chi connectivity index (χ1n) is 6.27. The van der Waals surface area contributed by atoms with Crippen molar-refractivity contribution in [1.29, 1.82) is 0 Å². The summed E-state index contributed by atoms with van der Waals surface area (Å²) in [6.07, 6.45) is 0. The molecule has 20 heavy (non-hydrogen) atoms. The van der Waals surface area contributed by atoms with Crippen LogP contribution < -0.4 is 4.72 Å². The maximum Gasteiger partial charge on any atom is 0.310 e. The van der Waals surface area contributed by atoms with Gasteiger partial charge in [-0.2, -0.15) is 0 Å². The molecule has 1 rings (SSSR count). The van der Waals surface area contributed by atoms with Gasteiger partial charge in [0.05, 0.1) is 11.2 Å². The number of hydrogen-bond acceptors (Lipinski definition) is 3. The molecular weight excluding hydrogens is 278 g/mol. The topological polar surface area (TPSA) is 83.5 Å². The molecule has 0 saturated heterocycles. The van der Waals surface area contributed by atoms with Gasteiger partial charge in [-0.3, -0.25) is 4.79 Å². The zero-order valence-corrected chi connectivity index (χ0v) is 13.0. The maximum absolute atomic E-state index is 12.2. The predicted octanol–water partition coefficient (Wildman–Crippen LogP) is 2.00. The molecule has 0 amide bonds. The molecule has 112 valence electrons. The molecule has 0 radical (unpaired) electrons. The minimum absolute atomic E-state index is 0.174. The first-order valence-corrected chi connectivity index (χ1v) is 7.92. The van der Waals surface area contributed by atoms with Crippen molar-refractivity contribution in [3.63, 3.8) is 0 Å². The lowest BCUT2D eigenvalue weighted by atomic mass is 9.75. The highest BCUT2D eigenvalue weighted by molar-refractivity contribution is 7.88. The molecule has 0 saturated carbocycles. The van der Waals surface area contributed by atoms with Crippen molar-refractivity contribution < 1.29 is 18.3 Å². The van der Waals surface area contributed by atoms with Crippen LogP contribution in [0.5, 0.6) is 0 Å². The number of carbonyl (C=O) groups is 1. The van der Waals surface area contributed by atoms with E-state index in [1.165, 1.54) is 13.8 Å². The van der Waals surface area contributed by atoms with E-state index in [1.807, 2.05) is 0 Å². The summed E-state index contributed by atoms with van der Waals surface area (Å²) in [6.45, 7) is 6.15. The fourth-order valence-electron chi connectivity index (χ4n) is 1.61. The van der Waals surface area contributed by atoms with Crippen LogP contribution in [-0.4, -0.2) is 25.0 Å². The third-order valence-corrected chi connectivity index (χ3v) is 5.24. The van der Waals surface area contributed by atoms with Crippen LogP contribution in [0.3, 0.4) is 0 Å². The smallest absolute Gasteiger partial charge is 0.310 e. The number of aliphatic carboxylic acids is 1. The predicted molar refractivity (Wildman–Crippen MR) is 77.7 cm³/mol. The van der Waals surface area contributed by atoms with Gasteiger partial charge in [-0.15, -0.1) is 0 Å². The molecule has 0 aromatic heterocycles. The summed E-state index contributed by atoms with van der Waals surface area (Å²) >= 11 is 0. The van der Waals surface area contributed by atoms with Crippen LogP contribution >= 0.6 is 0 Å². The van der Waals surface area contributed by atoms with Crippen molar-refractivity contribution in [2.45, 2.75) is 39.0 Å². The number of hydrogen-bond donors (Lipinski definition) is 2. The van der Waals surface area contributed by atoms with E-state index in [-0.39, 0.29) is 5.75 Å². The van der Waals surface area contributed by atoms with Gasteiger partial charge >= 0.3 is 5.97 Å². The van der Waals surface area contributed by atoms with Crippen molar-refractivity contribution >= 4 is 16.0 Å². The molecule has 2 N–H and O–H groups in total. The lowest BCUT2D eigenvalue weighted by molar-refractivity contribution is -0.150. The molecule has 0 atom stereocenters. The van der Waals surface area contributed by atoms with E-state index >= 15 is 0 Å². The fourth-order valence-corrected chi connectivity index (χ4v) is 3.35. The summed E-state index contributed by atoms with van der Waals surface area (Å²) in [5.41, 5.74) is -1.67. The molecule has 0 aliphatic heterocycles. The van der Waals surface area contributed by atoms with Gasteiger partial charge in [-0.1, -0.05) is 30.3 Å². The Morgan fingerprint density at radius 1 is 1.15 bits per heavy atom. The second kappa shape index (κ2) is 5.54. The van der Waals surface area contributed by atoms with Gasteiger partial charge in [-0.05, 0) is 33.3 Å². The standard InChI is InChI=1S/C14H21NO4S/c1-13(2,12(16)17)14(3,4)15-20(18,19)10-11-8-6-5-7-9-11/h5-9,15H,10H2,1-4H3,(H,16,17). The molecule has 1 aromatic carbocycles. The van der Waals surface area contributed by atoms with E-state index < -0.39 is 26.9 Å². The Labute approximate surface area is 120 Å². The molecular formula is C14H21NO4S. The highest BCUT2D eigenvalue weighted by atomic mass is 32.2. The van der Waals surface area contributed by atoms with Crippen LogP contribution in [0.1, 0.15) is 33.3 Å². The molecule has 0 heterocycles. The number of nitrogens with one attached hydrogen (secondary N) is 1. The molecule has 1 aromatic rings. The Morgan fingerprint density at radius 3 is 2.10 bits per heavy atom. The van der Waals surface area contributed by atoms with Crippen LogP contribution in [-0.2, 0) is 20.6 Å². The van der Waals surface area contributed by atoms with Crippen LogP contribution in [0.4, 0.5) is 0 Å². The molecule has 6 heteroatoms. The van der Waals surface area contributed by atoms with E-state index in [2.05, 4.69) is 4.72 Å². The van der Waals surface area contributed by atoms with Crippen molar-refractivity contribution in [1.82, 2.24) is 4.72 Å². The molecule has 0 spiro atoms. The third kappa shape index (κ3) is 3.80. The van der Waals surface area contributed by atoms with E-state index in [1.54, 1.807) is 44.2 Å². The van der Waals surface area contributed by atoms with E-state index in [0.717, 1.165) is 0 Å². The first-order chi connectivity index (χ1) is 8.98. The number of sulfonamides is 1. The third-order valence-electron chi connectivity index (χ3n) is 3.71. The van der Waals surface area contributed by atoms with Gasteiger partial charge in [0.25, 0.3) is 0 Å². The molecule has 0 fully saturated rings. The van der Waals surface area contributed by atoms with Crippen molar-refractivity contribution in [2.24, 2.45) is 5.41 Å². The summed E-state index contributed by atoms with van der Waals surface area (Å²) in [6, 6.07) is 8.76. The summed E-state index contributed by atoms with van der Waals surface area (Å²) in [7, 11) is -3.62. The molecule has 0 unspecified atom stereocenters. The molecule has 5 nitrogen and oxygen atoms in total. The first kappa shape index (κ1) is 16.7. The SMILES string of the molecule is CC(C)(NS(=O)(=O)Cc1ccccc1)C(C)(C)C(=O)O. The lowest BCUT2D eigenvalue weighted by Gasteiger charge is -2.38. The van der Waals surface area contributed by atoms with Gasteiger partial charge in [0.2, 0.25) is 10.0 Å². The number of rotatable bonds is 6. The van der Waals surface area contributed by atoms with Crippen LogP contribution in [0, 0.1) is 5.41 Å². The van der Waals surface area contributed by atoms with Gasteiger partial charge in [0, 0.05) is 5.54 Å². The van der Waals surface area contributed by atoms with Crippen molar-refractivity contribution in [3.8, 4) is 0 Å². The quantitative estimate of drug-likeness (QED) is 0.841. The summed E-state index contributed by atoms with van der Waals surface area (Å²) in [4.78, 5) is 11.3. The van der Waals surface area contributed by atoms with Gasteiger partial charge in [-0.25, -0.2) is 13.1 Å². The Balaban J connectivity index is 2.94. The lowest BCUT2D eigenvalue weighted by Crippen LogP contribution is -2.57. The van der Waals surface area contributed by atoms with Gasteiger partial charge in [0.15, 0.2) is 0 Å². The Bertz CT molecular complexity index is 576. The minimum Gasteiger partial charge on any atom is -0.481 e. The summed E-state index contributed by atoms with van der Waals surface area (Å²) < 4.78 is 26.9. The van der Waals surface area contributed by atoms with Crippen molar-refractivity contribution in [3.05, 3.63) is 35.9 Å². The Morgan fingerprint density at radius 2 is 1.65 bits per heavy atom. The monoisotopic (exact) mass is 299 g/mol. The number of carboxylic acid groups (broad SMARTS) is 1. The summed E-state index contributed by atoms with van der Waals surface area (Å²) in [5, 5.41) is 9.23. The van der Waals surface area contributed by atoms with E-state index in [9.17, 15) is 18.3 Å². The second-order valence-corrected chi connectivity index (χ2v) is 7.62. The Kier molecular flexibility index (Phi) is 4.61. The minimum atomic E-state index is -3.62. The van der Waals surface area contributed by atoms with Gasteiger partial charge in [0.1, 0.15) is 0 Å². The average Bonchev–Trinajstić information content (AvgIpc) is 2.27. The van der Waals surface area contributed by atoms with Crippen LogP contribution in [0.2, 0.25) is 0 Å². The van der Waals surface area contributed by atoms with E-state index in [0.29, 0.717) is 5.56 Å². The van der Waals surface area contributed by atoms with Crippen molar-refractivity contribution in [2.75, 3.05) is 0 Å². The molecule has 0 aliphatic carbocycles. The largest absolute Gasteiger partial charge is 0.481 e. The number of benzene rings is 1. The zero-order chi connectivity index (χ0) is 15.6. The molecule has 0 aliphatic rings. The van der Waals surface area contributed by atoms with Crippen LogP contribution in [0.25, 0.3) is 0 Å². The summed E-state index contributed by atoms with van der Waals surface area (Å²) in [5.74, 6) is -1.22. The van der Waals surface area contributed by atoms with Gasteiger partial charge < -0.3 is 5.11 Å². The number of carboxylic acids is 1. The van der Waals surface area contributed by atoms with E-state index in [4.69, 9.17) is 0 Å². The molecule has 0 bridgehead atoms. The average molecular weight is 299 g/mol. The van der Waals surface area contributed by atoms with Crippen LogP contribution in [0.15, 0.2) is 30.3 Å².